The van der Waals surface area contributed by atoms with E-state index in [4.69, 9.17) is 9.40 Å². The lowest BCUT2D eigenvalue weighted by atomic mass is 9.94. The van der Waals surface area contributed by atoms with Gasteiger partial charge in [0.2, 0.25) is 0 Å². The molecule has 2 fully saturated rings. The van der Waals surface area contributed by atoms with E-state index >= 15 is 0 Å². The molecule has 2 aliphatic rings. The fourth-order valence-corrected chi connectivity index (χ4v) is 4.00. The first-order valence-electron chi connectivity index (χ1n) is 8.41. The van der Waals surface area contributed by atoms with Gasteiger partial charge in [0.15, 0.2) is 11.5 Å². The van der Waals surface area contributed by atoms with Crippen LogP contribution in [0.4, 0.5) is 0 Å². The van der Waals surface area contributed by atoms with E-state index in [1.165, 1.54) is 50.6 Å². The fraction of sp³-hybridized carbons (Fsp3) is 0.611. The average Bonchev–Trinajstić information content (AvgIpc) is 3.14. The molecule has 21 heavy (non-hydrogen) atoms. The molecular weight excluding hydrogens is 260 g/mol. The van der Waals surface area contributed by atoms with E-state index in [2.05, 4.69) is 30.0 Å². The minimum Gasteiger partial charge on any atom is -0.440 e. The maximum atomic E-state index is 6.00. The zero-order chi connectivity index (χ0) is 14.2. The summed E-state index contributed by atoms with van der Waals surface area (Å²) in [5.74, 6) is 1.44. The number of fused-ring (bicyclic) bond motifs is 1. The number of rotatable bonds is 2. The molecule has 1 aliphatic carbocycles. The monoisotopic (exact) mass is 284 g/mol. The molecule has 1 aromatic carbocycles. The van der Waals surface area contributed by atoms with Crippen LogP contribution in [-0.2, 0) is 0 Å². The summed E-state index contributed by atoms with van der Waals surface area (Å²) in [6.45, 7) is 4.46. The van der Waals surface area contributed by atoms with Crippen molar-refractivity contribution in [1.29, 1.82) is 0 Å². The third-order valence-corrected chi connectivity index (χ3v) is 5.22. The summed E-state index contributed by atoms with van der Waals surface area (Å²) in [7, 11) is 0. The van der Waals surface area contributed by atoms with Crippen molar-refractivity contribution in [2.24, 2.45) is 0 Å². The van der Waals surface area contributed by atoms with Gasteiger partial charge in [0.25, 0.3) is 0 Å². The lowest BCUT2D eigenvalue weighted by molar-refractivity contribution is 0.188. The second kappa shape index (κ2) is 5.45. The van der Waals surface area contributed by atoms with Gasteiger partial charge in [-0.1, -0.05) is 25.3 Å². The van der Waals surface area contributed by atoms with Crippen LogP contribution in [-0.4, -0.2) is 29.0 Å². The van der Waals surface area contributed by atoms with Crippen molar-refractivity contribution < 1.29 is 4.42 Å². The first kappa shape index (κ1) is 13.3. The summed E-state index contributed by atoms with van der Waals surface area (Å²) in [5, 5.41) is 0. The quantitative estimate of drug-likeness (QED) is 0.825. The number of aryl methyl sites for hydroxylation is 1. The van der Waals surface area contributed by atoms with E-state index in [-0.39, 0.29) is 0 Å². The normalized spacial score (nSPS) is 24.9. The zero-order valence-electron chi connectivity index (χ0n) is 12.8. The molecule has 1 aromatic heterocycles. The molecule has 1 saturated carbocycles. The van der Waals surface area contributed by atoms with Crippen LogP contribution < -0.4 is 0 Å². The Kier molecular flexibility index (Phi) is 3.46. The van der Waals surface area contributed by atoms with Gasteiger partial charge in [-0.2, -0.15) is 0 Å². The third kappa shape index (κ3) is 2.59. The van der Waals surface area contributed by atoms with E-state index in [9.17, 15) is 0 Å². The van der Waals surface area contributed by atoms with Crippen LogP contribution in [0.2, 0.25) is 0 Å². The second-order valence-electron chi connectivity index (χ2n) is 6.80. The van der Waals surface area contributed by atoms with E-state index < -0.39 is 0 Å². The van der Waals surface area contributed by atoms with Crippen LogP contribution in [0.1, 0.15) is 55.9 Å². The van der Waals surface area contributed by atoms with Crippen LogP contribution in [0.3, 0.4) is 0 Å². The molecule has 0 amide bonds. The van der Waals surface area contributed by atoms with Gasteiger partial charge in [0.1, 0.15) is 5.52 Å². The van der Waals surface area contributed by atoms with Crippen LogP contribution in [0.5, 0.6) is 0 Å². The molecular formula is C18H24N2O. The van der Waals surface area contributed by atoms with Crippen molar-refractivity contribution in [2.75, 3.05) is 13.1 Å². The lowest BCUT2D eigenvalue weighted by Gasteiger charge is -2.30. The maximum absolute atomic E-state index is 6.00. The standard InChI is InChI=1S/C18H24N2O/c1-13-7-8-17-16(11-13)19-18(21-17)14-9-10-20(12-14)15-5-3-2-4-6-15/h7-8,11,14-15H,2-6,9-10,12H2,1H3. The van der Waals surface area contributed by atoms with Gasteiger partial charge >= 0.3 is 0 Å². The Morgan fingerprint density at radius 1 is 1.14 bits per heavy atom. The first-order valence-corrected chi connectivity index (χ1v) is 8.41. The summed E-state index contributed by atoms with van der Waals surface area (Å²) >= 11 is 0. The molecule has 4 rings (SSSR count). The lowest BCUT2D eigenvalue weighted by Crippen LogP contribution is -2.34. The van der Waals surface area contributed by atoms with E-state index in [1.807, 2.05) is 0 Å². The molecule has 3 heteroatoms. The van der Waals surface area contributed by atoms with Crippen molar-refractivity contribution >= 4 is 11.1 Å². The summed E-state index contributed by atoms with van der Waals surface area (Å²) in [4.78, 5) is 7.43. The predicted molar refractivity (Wildman–Crippen MR) is 84.6 cm³/mol. The van der Waals surface area contributed by atoms with E-state index in [0.29, 0.717) is 5.92 Å². The summed E-state index contributed by atoms with van der Waals surface area (Å²) in [6.07, 6.45) is 8.22. The van der Waals surface area contributed by atoms with Crippen LogP contribution in [0.25, 0.3) is 11.1 Å². The Bertz CT molecular complexity index is 627. The maximum Gasteiger partial charge on any atom is 0.199 e. The van der Waals surface area contributed by atoms with Crippen molar-refractivity contribution in [1.82, 2.24) is 9.88 Å². The molecule has 0 spiro atoms. The Hall–Kier alpha value is -1.35. The van der Waals surface area contributed by atoms with Gasteiger partial charge in [-0.25, -0.2) is 4.98 Å². The van der Waals surface area contributed by atoms with Crippen molar-refractivity contribution in [3.05, 3.63) is 29.7 Å². The summed E-state index contributed by atoms with van der Waals surface area (Å²) < 4.78 is 6.00. The molecule has 2 heterocycles. The molecule has 0 radical (unpaired) electrons. The zero-order valence-corrected chi connectivity index (χ0v) is 12.8. The van der Waals surface area contributed by atoms with Gasteiger partial charge in [-0.05, 0) is 50.4 Å². The van der Waals surface area contributed by atoms with Crippen LogP contribution in [0.15, 0.2) is 22.6 Å². The van der Waals surface area contributed by atoms with Crippen molar-refractivity contribution in [3.63, 3.8) is 0 Å². The molecule has 3 nitrogen and oxygen atoms in total. The van der Waals surface area contributed by atoms with Gasteiger partial charge < -0.3 is 4.42 Å². The second-order valence-corrected chi connectivity index (χ2v) is 6.80. The predicted octanol–water partition coefficient (Wildman–Crippen LogP) is 4.26. The topological polar surface area (TPSA) is 29.3 Å². The summed E-state index contributed by atoms with van der Waals surface area (Å²) in [6, 6.07) is 7.08. The van der Waals surface area contributed by atoms with Crippen LogP contribution in [0, 0.1) is 6.92 Å². The fourth-order valence-electron chi connectivity index (χ4n) is 4.00. The van der Waals surface area contributed by atoms with Gasteiger partial charge in [0, 0.05) is 18.5 Å². The number of benzene rings is 1. The molecule has 1 saturated heterocycles. The first-order chi connectivity index (χ1) is 10.3. The largest absolute Gasteiger partial charge is 0.440 e. The third-order valence-electron chi connectivity index (χ3n) is 5.22. The molecule has 0 N–H and O–H groups in total. The minimum atomic E-state index is 0.486. The number of aromatic nitrogens is 1. The molecule has 0 bridgehead atoms. The number of hydrogen-bond donors (Lipinski definition) is 0. The molecule has 112 valence electrons. The highest BCUT2D eigenvalue weighted by molar-refractivity contribution is 5.73. The number of oxazole rings is 1. The highest BCUT2D eigenvalue weighted by Gasteiger charge is 2.32. The van der Waals surface area contributed by atoms with Crippen molar-refractivity contribution in [3.8, 4) is 0 Å². The molecule has 2 aromatic rings. The van der Waals surface area contributed by atoms with Crippen molar-refractivity contribution in [2.45, 2.75) is 57.4 Å². The SMILES string of the molecule is Cc1ccc2oc(C3CCN(C4CCCCC4)C3)nc2c1. The molecule has 1 atom stereocenters. The van der Waals surface area contributed by atoms with Gasteiger partial charge in [-0.3, -0.25) is 4.90 Å². The summed E-state index contributed by atoms with van der Waals surface area (Å²) in [5.41, 5.74) is 3.20. The number of likely N-dealkylation sites (tertiary alicyclic amines) is 1. The molecule has 1 unspecified atom stereocenters. The minimum absolute atomic E-state index is 0.486. The highest BCUT2D eigenvalue weighted by atomic mass is 16.3. The Morgan fingerprint density at radius 3 is 2.86 bits per heavy atom. The van der Waals surface area contributed by atoms with Gasteiger partial charge in [0.05, 0.1) is 0 Å². The highest BCUT2D eigenvalue weighted by Crippen LogP contribution is 2.33. The molecule has 1 aliphatic heterocycles. The van der Waals surface area contributed by atoms with Gasteiger partial charge in [-0.15, -0.1) is 0 Å². The van der Waals surface area contributed by atoms with Crippen LogP contribution >= 0.6 is 0 Å². The smallest absolute Gasteiger partial charge is 0.199 e. The van der Waals surface area contributed by atoms with E-state index in [1.54, 1.807) is 0 Å². The average molecular weight is 284 g/mol. The Labute approximate surface area is 126 Å². The Balaban J connectivity index is 1.50. The number of nitrogens with zero attached hydrogens (tertiary/aromatic N) is 2. The Morgan fingerprint density at radius 2 is 2.00 bits per heavy atom. The van der Waals surface area contributed by atoms with E-state index in [0.717, 1.165) is 29.6 Å². The number of hydrogen-bond acceptors (Lipinski definition) is 3.